The van der Waals surface area contributed by atoms with Crippen LogP contribution in [0.25, 0.3) is 10.4 Å². The number of hydrogen-bond donors (Lipinski definition) is 2. The van der Waals surface area contributed by atoms with Crippen molar-refractivity contribution in [2.75, 3.05) is 6.54 Å². The molecule has 68 valence electrons. The topological polar surface area (TPSA) is 89.2 Å². The summed E-state index contributed by atoms with van der Waals surface area (Å²) in [6, 6.07) is 4.25. The lowest BCUT2D eigenvalue weighted by Gasteiger charge is -2.02. The zero-order chi connectivity index (χ0) is 9.68. The standard InChI is InChI=1S/C8H9N3O2/c9-11-10-4-3-6-5-7(12)1-2-8(6)13/h1-2,5,12-13H,3-4H2. The number of phenolic OH excluding ortho intramolecular Hbond substituents is 2. The monoisotopic (exact) mass is 179 g/mol. The normalized spacial score (nSPS) is 9.23. The molecule has 0 spiro atoms. The molecule has 5 nitrogen and oxygen atoms in total. The zero-order valence-corrected chi connectivity index (χ0v) is 6.88. The molecule has 0 aliphatic heterocycles. The van der Waals surface area contributed by atoms with Crippen molar-refractivity contribution >= 4 is 0 Å². The minimum atomic E-state index is 0.0914. The highest BCUT2D eigenvalue weighted by molar-refractivity contribution is 5.38. The average Bonchev–Trinajstić information content (AvgIpc) is 2.11. The maximum absolute atomic E-state index is 9.29. The van der Waals surface area contributed by atoms with Crippen LogP contribution < -0.4 is 0 Å². The molecular formula is C8H9N3O2. The number of nitrogens with zero attached hydrogens (tertiary/aromatic N) is 3. The third-order valence-electron chi connectivity index (χ3n) is 1.61. The average molecular weight is 179 g/mol. The third-order valence-corrected chi connectivity index (χ3v) is 1.61. The fourth-order valence-electron chi connectivity index (χ4n) is 0.987. The number of phenols is 2. The van der Waals surface area contributed by atoms with E-state index in [9.17, 15) is 5.11 Å². The highest BCUT2D eigenvalue weighted by Gasteiger charge is 2.00. The van der Waals surface area contributed by atoms with Crippen molar-refractivity contribution in [2.45, 2.75) is 6.42 Å². The van der Waals surface area contributed by atoms with Gasteiger partial charge >= 0.3 is 0 Å². The second-order valence-electron chi connectivity index (χ2n) is 2.52. The molecule has 0 saturated heterocycles. The van der Waals surface area contributed by atoms with Gasteiger partial charge in [-0.25, -0.2) is 0 Å². The molecule has 0 aliphatic carbocycles. The summed E-state index contributed by atoms with van der Waals surface area (Å²) >= 11 is 0. The van der Waals surface area contributed by atoms with Crippen LogP contribution >= 0.6 is 0 Å². The molecule has 0 aromatic heterocycles. The Morgan fingerprint density at radius 2 is 2.15 bits per heavy atom. The van der Waals surface area contributed by atoms with E-state index < -0.39 is 0 Å². The molecule has 0 fully saturated rings. The van der Waals surface area contributed by atoms with E-state index in [1.165, 1.54) is 18.2 Å². The Labute approximate surface area is 74.9 Å². The van der Waals surface area contributed by atoms with Gasteiger partial charge in [0.1, 0.15) is 11.5 Å². The van der Waals surface area contributed by atoms with E-state index in [-0.39, 0.29) is 18.0 Å². The molecule has 13 heavy (non-hydrogen) atoms. The molecule has 1 aromatic carbocycles. The molecule has 0 heterocycles. The number of rotatable bonds is 3. The third kappa shape index (κ3) is 2.57. The van der Waals surface area contributed by atoms with Crippen LogP contribution in [0.4, 0.5) is 0 Å². The van der Waals surface area contributed by atoms with Crippen LogP contribution in [0.2, 0.25) is 0 Å². The molecular weight excluding hydrogens is 170 g/mol. The molecule has 0 radical (unpaired) electrons. The Morgan fingerprint density at radius 1 is 1.38 bits per heavy atom. The summed E-state index contributed by atoms with van der Waals surface area (Å²) in [5.74, 6) is 0.194. The van der Waals surface area contributed by atoms with Crippen LogP contribution in [0.15, 0.2) is 23.3 Å². The van der Waals surface area contributed by atoms with Gasteiger partial charge in [0.2, 0.25) is 0 Å². The Kier molecular flexibility index (Phi) is 3.00. The first-order chi connectivity index (χ1) is 6.24. The minimum absolute atomic E-state index is 0.0914. The fourth-order valence-corrected chi connectivity index (χ4v) is 0.987. The maximum Gasteiger partial charge on any atom is 0.119 e. The predicted molar refractivity (Wildman–Crippen MR) is 47.5 cm³/mol. The second kappa shape index (κ2) is 4.23. The maximum atomic E-state index is 9.29. The van der Waals surface area contributed by atoms with E-state index in [0.29, 0.717) is 12.0 Å². The number of azide groups is 1. The largest absolute Gasteiger partial charge is 0.508 e. The van der Waals surface area contributed by atoms with Crippen LogP contribution in [-0.2, 0) is 6.42 Å². The van der Waals surface area contributed by atoms with Crippen LogP contribution in [-0.4, -0.2) is 16.8 Å². The Morgan fingerprint density at radius 3 is 2.85 bits per heavy atom. The lowest BCUT2D eigenvalue weighted by molar-refractivity contribution is 0.454. The van der Waals surface area contributed by atoms with E-state index >= 15 is 0 Å². The van der Waals surface area contributed by atoms with Crippen molar-refractivity contribution in [1.82, 2.24) is 0 Å². The van der Waals surface area contributed by atoms with Gasteiger partial charge in [0.15, 0.2) is 0 Å². The van der Waals surface area contributed by atoms with Crippen LogP contribution in [0.1, 0.15) is 5.56 Å². The number of hydrogen-bond acceptors (Lipinski definition) is 3. The molecule has 0 amide bonds. The van der Waals surface area contributed by atoms with Gasteiger partial charge in [0.25, 0.3) is 0 Å². The lowest BCUT2D eigenvalue weighted by Crippen LogP contribution is -1.88. The van der Waals surface area contributed by atoms with Gasteiger partial charge in [-0.2, -0.15) is 0 Å². The predicted octanol–water partition coefficient (Wildman–Crippen LogP) is 1.95. The van der Waals surface area contributed by atoms with Crippen molar-refractivity contribution in [2.24, 2.45) is 5.11 Å². The quantitative estimate of drug-likeness (QED) is 0.321. The highest BCUT2D eigenvalue weighted by atomic mass is 16.3. The van der Waals surface area contributed by atoms with Gasteiger partial charge in [0.05, 0.1) is 0 Å². The van der Waals surface area contributed by atoms with Crippen molar-refractivity contribution in [3.8, 4) is 11.5 Å². The van der Waals surface area contributed by atoms with Gasteiger partial charge in [0, 0.05) is 11.5 Å². The summed E-state index contributed by atoms with van der Waals surface area (Å²) in [6.07, 6.45) is 0.421. The number of aromatic hydroxyl groups is 2. The molecule has 0 atom stereocenters. The summed E-state index contributed by atoms with van der Waals surface area (Å²) in [5.41, 5.74) is 8.59. The minimum Gasteiger partial charge on any atom is -0.508 e. The highest BCUT2D eigenvalue weighted by Crippen LogP contribution is 2.22. The first-order valence-electron chi connectivity index (χ1n) is 3.76. The fraction of sp³-hybridized carbons (Fsp3) is 0.250. The summed E-state index contributed by atoms with van der Waals surface area (Å²) in [7, 11) is 0. The molecule has 0 aliphatic rings. The van der Waals surface area contributed by atoms with Gasteiger partial charge < -0.3 is 10.2 Å². The first kappa shape index (κ1) is 9.22. The Bertz CT molecular complexity index is 345. The summed E-state index contributed by atoms with van der Waals surface area (Å²) in [4.78, 5) is 2.58. The summed E-state index contributed by atoms with van der Waals surface area (Å²) in [6.45, 7) is 0.271. The van der Waals surface area contributed by atoms with E-state index in [2.05, 4.69) is 10.0 Å². The van der Waals surface area contributed by atoms with Gasteiger partial charge in [-0.3, -0.25) is 0 Å². The molecule has 1 rings (SSSR count). The van der Waals surface area contributed by atoms with E-state index in [4.69, 9.17) is 10.6 Å². The van der Waals surface area contributed by atoms with Gasteiger partial charge in [-0.15, -0.1) is 0 Å². The van der Waals surface area contributed by atoms with E-state index in [0.717, 1.165) is 0 Å². The SMILES string of the molecule is [N-]=[N+]=NCCc1cc(O)ccc1O. The Hall–Kier alpha value is -1.87. The van der Waals surface area contributed by atoms with E-state index in [1.807, 2.05) is 0 Å². The summed E-state index contributed by atoms with van der Waals surface area (Å²) < 4.78 is 0. The van der Waals surface area contributed by atoms with Gasteiger partial charge in [-0.1, -0.05) is 5.11 Å². The van der Waals surface area contributed by atoms with Crippen LogP contribution in [0.5, 0.6) is 11.5 Å². The number of benzene rings is 1. The summed E-state index contributed by atoms with van der Waals surface area (Å²) in [5, 5.41) is 21.7. The van der Waals surface area contributed by atoms with Crippen LogP contribution in [0, 0.1) is 0 Å². The van der Waals surface area contributed by atoms with Crippen molar-refractivity contribution < 1.29 is 10.2 Å². The molecule has 5 heteroatoms. The molecule has 0 bridgehead atoms. The van der Waals surface area contributed by atoms with E-state index in [1.54, 1.807) is 0 Å². The van der Waals surface area contributed by atoms with Crippen LogP contribution in [0.3, 0.4) is 0 Å². The van der Waals surface area contributed by atoms with Gasteiger partial charge in [-0.05, 0) is 35.7 Å². The lowest BCUT2D eigenvalue weighted by atomic mass is 10.1. The smallest absolute Gasteiger partial charge is 0.119 e. The first-order valence-corrected chi connectivity index (χ1v) is 3.76. The zero-order valence-electron chi connectivity index (χ0n) is 6.88. The van der Waals surface area contributed by atoms with Crippen molar-refractivity contribution in [1.29, 1.82) is 0 Å². The second-order valence-corrected chi connectivity index (χ2v) is 2.52. The molecule has 0 saturated carbocycles. The molecule has 0 unspecified atom stereocenters. The molecule has 2 N–H and O–H groups in total. The van der Waals surface area contributed by atoms with Crippen molar-refractivity contribution in [3.63, 3.8) is 0 Å². The molecule has 1 aromatic rings. The van der Waals surface area contributed by atoms with Crippen molar-refractivity contribution in [3.05, 3.63) is 34.2 Å². The Balaban J connectivity index is 2.75.